The van der Waals surface area contributed by atoms with Gasteiger partial charge in [-0.2, -0.15) is 0 Å². The Morgan fingerprint density at radius 2 is 1.78 bits per heavy atom. The van der Waals surface area contributed by atoms with Crippen molar-refractivity contribution in [3.05, 3.63) is 57.4 Å². The van der Waals surface area contributed by atoms with Gasteiger partial charge in [0, 0.05) is 0 Å². The monoisotopic (exact) mass is 442 g/mol. The second-order valence-corrected chi connectivity index (χ2v) is 9.29. The SMILES string of the molecule is CCCCCc1ccc(CN=C2NC=C([N+](=O)[O-])C(N)(CC3CCC(CN)CC3)N2)cc1. The van der Waals surface area contributed by atoms with Crippen LogP contribution in [0.5, 0.6) is 0 Å². The summed E-state index contributed by atoms with van der Waals surface area (Å²) in [5.74, 6) is 1.36. The molecule has 176 valence electrons. The predicted octanol–water partition coefficient (Wildman–Crippen LogP) is 3.40. The zero-order chi connectivity index (χ0) is 23.0. The van der Waals surface area contributed by atoms with Gasteiger partial charge < -0.3 is 16.4 Å². The summed E-state index contributed by atoms with van der Waals surface area (Å²) in [7, 11) is 0. The fraction of sp³-hybridized carbons (Fsp3) is 0.625. The average Bonchev–Trinajstić information content (AvgIpc) is 2.79. The number of benzene rings is 1. The Morgan fingerprint density at radius 1 is 1.12 bits per heavy atom. The summed E-state index contributed by atoms with van der Waals surface area (Å²) in [4.78, 5) is 15.8. The molecule has 8 nitrogen and oxygen atoms in total. The zero-order valence-electron chi connectivity index (χ0n) is 19.2. The van der Waals surface area contributed by atoms with Crippen LogP contribution in [-0.4, -0.2) is 23.1 Å². The highest BCUT2D eigenvalue weighted by atomic mass is 16.6. The van der Waals surface area contributed by atoms with Crippen molar-refractivity contribution in [1.29, 1.82) is 0 Å². The molecule has 32 heavy (non-hydrogen) atoms. The van der Waals surface area contributed by atoms with Crippen molar-refractivity contribution in [1.82, 2.24) is 10.6 Å². The highest BCUT2D eigenvalue weighted by Gasteiger charge is 2.44. The zero-order valence-corrected chi connectivity index (χ0v) is 19.2. The molecule has 2 aliphatic rings. The van der Waals surface area contributed by atoms with E-state index in [-0.39, 0.29) is 5.70 Å². The summed E-state index contributed by atoms with van der Waals surface area (Å²) in [5.41, 5.74) is 13.5. The summed E-state index contributed by atoms with van der Waals surface area (Å²) in [6.07, 6.45) is 10.8. The fourth-order valence-corrected chi connectivity index (χ4v) is 4.72. The van der Waals surface area contributed by atoms with Gasteiger partial charge in [0.25, 0.3) is 0 Å². The molecule has 1 atom stereocenters. The number of unbranched alkanes of at least 4 members (excludes halogenated alkanes) is 2. The van der Waals surface area contributed by atoms with E-state index in [0.717, 1.165) is 37.7 Å². The third-order valence-electron chi connectivity index (χ3n) is 6.76. The molecule has 1 aliphatic carbocycles. The largest absolute Gasteiger partial charge is 0.330 e. The van der Waals surface area contributed by atoms with Crippen LogP contribution in [0.25, 0.3) is 0 Å². The molecule has 1 aromatic carbocycles. The van der Waals surface area contributed by atoms with Crippen molar-refractivity contribution in [3.63, 3.8) is 0 Å². The molecule has 0 amide bonds. The van der Waals surface area contributed by atoms with E-state index in [0.29, 0.717) is 37.3 Å². The van der Waals surface area contributed by atoms with Gasteiger partial charge in [-0.15, -0.1) is 0 Å². The summed E-state index contributed by atoms with van der Waals surface area (Å²) >= 11 is 0. The van der Waals surface area contributed by atoms with E-state index in [1.807, 2.05) is 0 Å². The molecule has 1 unspecified atom stereocenters. The van der Waals surface area contributed by atoms with Gasteiger partial charge in [-0.3, -0.25) is 15.8 Å². The quantitative estimate of drug-likeness (QED) is 0.249. The number of aliphatic imine (C=N–C) groups is 1. The Balaban J connectivity index is 1.63. The lowest BCUT2D eigenvalue weighted by atomic mass is 9.77. The maximum atomic E-state index is 11.6. The van der Waals surface area contributed by atoms with E-state index in [2.05, 4.69) is 46.8 Å². The van der Waals surface area contributed by atoms with Crippen LogP contribution in [0.1, 0.15) is 69.4 Å². The molecule has 1 fully saturated rings. The minimum Gasteiger partial charge on any atom is -0.330 e. The number of nitrogens with zero attached hydrogens (tertiary/aromatic N) is 2. The van der Waals surface area contributed by atoms with E-state index in [1.165, 1.54) is 31.0 Å². The predicted molar refractivity (Wildman–Crippen MR) is 128 cm³/mol. The van der Waals surface area contributed by atoms with Crippen molar-refractivity contribution in [2.24, 2.45) is 28.3 Å². The number of nitrogens with two attached hydrogens (primary N) is 2. The van der Waals surface area contributed by atoms with E-state index in [1.54, 1.807) is 0 Å². The second-order valence-electron chi connectivity index (χ2n) is 9.29. The first-order valence-electron chi connectivity index (χ1n) is 11.9. The molecule has 0 spiro atoms. The fourth-order valence-electron chi connectivity index (χ4n) is 4.72. The normalized spacial score (nSPS) is 26.8. The number of aryl methyl sites for hydroxylation is 1. The van der Waals surface area contributed by atoms with Gasteiger partial charge >= 0.3 is 5.70 Å². The minimum absolute atomic E-state index is 0.0474. The van der Waals surface area contributed by atoms with E-state index in [9.17, 15) is 10.1 Å². The highest BCUT2D eigenvalue weighted by molar-refractivity contribution is 5.83. The lowest BCUT2D eigenvalue weighted by Crippen LogP contribution is -2.64. The molecule has 0 bridgehead atoms. The molecule has 1 heterocycles. The number of rotatable bonds is 10. The van der Waals surface area contributed by atoms with Gasteiger partial charge in [0.15, 0.2) is 11.6 Å². The van der Waals surface area contributed by atoms with Crippen molar-refractivity contribution in [3.8, 4) is 0 Å². The third-order valence-corrected chi connectivity index (χ3v) is 6.76. The lowest BCUT2D eigenvalue weighted by molar-refractivity contribution is -0.437. The van der Waals surface area contributed by atoms with Crippen LogP contribution < -0.4 is 22.1 Å². The summed E-state index contributed by atoms with van der Waals surface area (Å²) < 4.78 is 0. The number of hydrogen-bond acceptors (Lipinski definition) is 5. The number of guanidine groups is 1. The first-order valence-corrected chi connectivity index (χ1v) is 11.9. The van der Waals surface area contributed by atoms with E-state index < -0.39 is 10.6 Å². The number of nitro groups is 1. The van der Waals surface area contributed by atoms with Gasteiger partial charge in [-0.05, 0) is 74.5 Å². The Labute approximate surface area is 191 Å². The first-order chi connectivity index (χ1) is 15.4. The highest BCUT2D eigenvalue weighted by Crippen LogP contribution is 2.34. The van der Waals surface area contributed by atoms with E-state index >= 15 is 0 Å². The van der Waals surface area contributed by atoms with Crippen LogP contribution in [0.3, 0.4) is 0 Å². The topological polar surface area (TPSA) is 132 Å². The van der Waals surface area contributed by atoms with Crippen molar-refractivity contribution in [2.45, 2.75) is 76.9 Å². The maximum Gasteiger partial charge on any atom is 0.301 e. The smallest absolute Gasteiger partial charge is 0.301 e. The van der Waals surface area contributed by atoms with Crippen molar-refractivity contribution < 1.29 is 4.92 Å². The molecule has 1 aliphatic heterocycles. The minimum atomic E-state index is -1.24. The Morgan fingerprint density at radius 3 is 2.41 bits per heavy atom. The Kier molecular flexibility index (Phi) is 8.64. The molecule has 1 aromatic rings. The molecular formula is C24H38N6O2. The molecule has 0 aromatic heterocycles. The maximum absolute atomic E-state index is 11.6. The van der Waals surface area contributed by atoms with Crippen LogP contribution in [0.2, 0.25) is 0 Å². The van der Waals surface area contributed by atoms with Gasteiger partial charge in [-0.1, -0.05) is 44.0 Å². The van der Waals surface area contributed by atoms with Crippen LogP contribution in [0.4, 0.5) is 0 Å². The average molecular weight is 443 g/mol. The number of hydrogen-bond donors (Lipinski definition) is 4. The van der Waals surface area contributed by atoms with Crippen LogP contribution >= 0.6 is 0 Å². The van der Waals surface area contributed by atoms with Crippen LogP contribution in [-0.2, 0) is 13.0 Å². The van der Waals surface area contributed by atoms with Crippen molar-refractivity contribution in [2.75, 3.05) is 6.54 Å². The van der Waals surface area contributed by atoms with E-state index in [4.69, 9.17) is 11.5 Å². The van der Waals surface area contributed by atoms with Gasteiger partial charge in [0.2, 0.25) is 0 Å². The molecule has 0 saturated heterocycles. The molecule has 1 saturated carbocycles. The molecule has 0 radical (unpaired) electrons. The van der Waals surface area contributed by atoms with Crippen molar-refractivity contribution >= 4 is 5.96 Å². The summed E-state index contributed by atoms with van der Waals surface area (Å²) in [6, 6.07) is 8.50. The van der Waals surface area contributed by atoms with Crippen LogP contribution in [0, 0.1) is 22.0 Å². The van der Waals surface area contributed by atoms with Gasteiger partial charge in [0.1, 0.15) is 0 Å². The third kappa shape index (κ3) is 6.53. The number of nitrogens with one attached hydrogen (secondary N) is 2. The molecule has 8 heteroatoms. The Hall–Kier alpha value is -2.45. The lowest BCUT2D eigenvalue weighted by Gasteiger charge is -2.37. The molecule has 3 rings (SSSR count). The second kappa shape index (κ2) is 11.4. The summed E-state index contributed by atoms with van der Waals surface area (Å²) in [5, 5.41) is 17.7. The Bertz CT molecular complexity index is 814. The summed E-state index contributed by atoms with van der Waals surface area (Å²) in [6.45, 7) is 3.39. The standard InChI is InChI=1S/C24H38N6O2/c1-2-3-4-5-18-6-12-21(13-7-18)16-27-23-28-17-22(30(31)32)24(26,29-23)14-19-8-10-20(15-25)11-9-19/h6-7,12-13,17,19-20H,2-5,8-11,14-16,25-26H2,1H3,(H2,27,28,29). The van der Waals surface area contributed by atoms with Gasteiger partial charge in [0.05, 0.1) is 17.7 Å². The van der Waals surface area contributed by atoms with Gasteiger partial charge in [-0.25, -0.2) is 4.99 Å². The first kappa shape index (κ1) is 24.2. The molecule has 6 N–H and O–H groups in total. The molecular weight excluding hydrogens is 404 g/mol. The van der Waals surface area contributed by atoms with Crippen LogP contribution in [0.15, 0.2) is 41.2 Å².